The summed E-state index contributed by atoms with van der Waals surface area (Å²) >= 11 is 5.81. The lowest BCUT2D eigenvalue weighted by atomic mass is 10.2. The normalized spacial score (nSPS) is 15.7. The summed E-state index contributed by atoms with van der Waals surface area (Å²) in [6, 6.07) is 4.63. The van der Waals surface area contributed by atoms with Gasteiger partial charge in [0.05, 0.1) is 5.02 Å². The van der Waals surface area contributed by atoms with E-state index < -0.39 is 5.82 Å². The van der Waals surface area contributed by atoms with E-state index in [-0.39, 0.29) is 17.0 Å². The maximum absolute atomic E-state index is 13.3. The average molecular weight is 451 g/mol. The molecule has 2 N–H and O–H groups in total. The number of hydrogen-bond acceptors (Lipinski definition) is 3. The van der Waals surface area contributed by atoms with Gasteiger partial charge in [0, 0.05) is 37.1 Å². The minimum atomic E-state index is -0.450. The first-order chi connectivity index (χ1) is 14.8. The smallest absolute Gasteiger partial charge is 0.246 e. The van der Waals surface area contributed by atoms with Gasteiger partial charge in [-0.2, -0.15) is 0 Å². The zero-order chi connectivity index (χ0) is 23.8. The number of carbonyl (C=O) groups is 1. The third-order valence-electron chi connectivity index (χ3n) is 3.97. The first-order valence-electron chi connectivity index (χ1n) is 10.5. The average Bonchev–Trinajstić information content (AvgIpc) is 3.21. The van der Waals surface area contributed by atoms with Crippen molar-refractivity contribution in [3.05, 3.63) is 66.1 Å². The van der Waals surface area contributed by atoms with Crippen LogP contribution in [-0.4, -0.2) is 42.3 Å². The highest BCUT2D eigenvalue weighted by Gasteiger charge is 2.25. The Morgan fingerprint density at radius 3 is 2.58 bits per heavy atom. The molecule has 1 unspecified atom stereocenters. The van der Waals surface area contributed by atoms with Gasteiger partial charge in [-0.15, -0.1) is 6.58 Å². The first kappa shape index (κ1) is 28.4. The summed E-state index contributed by atoms with van der Waals surface area (Å²) in [4.78, 5) is 17.9. The minimum Gasteiger partial charge on any atom is -0.366 e. The quantitative estimate of drug-likeness (QED) is 0.249. The molecule has 5 nitrogen and oxygen atoms in total. The van der Waals surface area contributed by atoms with Gasteiger partial charge in [-0.1, -0.05) is 38.1 Å². The van der Waals surface area contributed by atoms with Crippen molar-refractivity contribution >= 4 is 29.0 Å². The number of amides is 1. The Hall–Kier alpha value is -2.60. The molecule has 1 aromatic rings. The standard InChI is InChI=1S/C19H24ClFN4O.C3H6.C2H6/c1-4-19(26)25-9-8-15(12-25)24-18(22-5-2)10-13(3)23-14-6-7-17(21)16(20)11-14;1-3-2;1-2/h4,6-7,10-11,15,23H,1,5,8-9,12H2,2-3H3,(H,22,24);3H,1H2,2H3;1-2H3/b13-10+;;. The van der Waals surface area contributed by atoms with Gasteiger partial charge >= 0.3 is 0 Å². The van der Waals surface area contributed by atoms with Crippen LogP contribution < -0.4 is 10.6 Å². The lowest BCUT2D eigenvalue weighted by molar-refractivity contribution is -0.125. The van der Waals surface area contributed by atoms with Crippen LogP contribution in [0, 0.1) is 5.82 Å². The minimum absolute atomic E-state index is 0.0511. The molecule has 0 spiro atoms. The summed E-state index contributed by atoms with van der Waals surface area (Å²) in [6.45, 7) is 18.6. The summed E-state index contributed by atoms with van der Waals surface area (Å²) in [7, 11) is 0. The highest BCUT2D eigenvalue weighted by atomic mass is 35.5. The molecule has 0 radical (unpaired) electrons. The molecule has 1 amide bonds. The second-order valence-electron chi connectivity index (χ2n) is 6.47. The second kappa shape index (κ2) is 16.1. The number of rotatable bonds is 6. The van der Waals surface area contributed by atoms with Crippen molar-refractivity contribution in [1.29, 1.82) is 0 Å². The Balaban J connectivity index is 0.00000165. The van der Waals surface area contributed by atoms with E-state index in [1.165, 1.54) is 18.2 Å². The first-order valence-corrected chi connectivity index (χ1v) is 10.9. The number of nitrogens with zero attached hydrogens (tertiary/aromatic N) is 2. The van der Waals surface area contributed by atoms with E-state index in [4.69, 9.17) is 11.6 Å². The topological polar surface area (TPSA) is 56.7 Å². The highest BCUT2D eigenvalue weighted by Crippen LogP contribution is 2.20. The Morgan fingerprint density at radius 2 is 2.03 bits per heavy atom. The van der Waals surface area contributed by atoms with Crippen LogP contribution in [0.5, 0.6) is 0 Å². The van der Waals surface area contributed by atoms with Gasteiger partial charge in [0.2, 0.25) is 5.91 Å². The number of amidine groups is 1. The summed E-state index contributed by atoms with van der Waals surface area (Å²) in [5.41, 5.74) is 1.54. The van der Waals surface area contributed by atoms with E-state index >= 15 is 0 Å². The summed E-state index contributed by atoms with van der Waals surface area (Å²) in [5, 5.41) is 6.62. The largest absolute Gasteiger partial charge is 0.366 e. The third kappa shape index (κ3) is 10.8. The predicted octanol–water partition coefficient (Wildman–Crippen LogP) is 5.81. The fraction of sp³-hybridized carbons (Fsp3) is 0.417. The molecule has 0 bridgehead atoms. The number of nitrogens with one attached hydrogen (secondary N) is 2. The number of anilines is 1. The van der Waals surface area contributed by atoms with Crippen molar-refractivity contribution < 1.29 is 9.18 Å². The number of allylic oxidation sites excluding steroid dienone is 2. The van der Waals surface area contributed by atoms with Crippen LogP contribution in [0.4, 0.5) is 10.1 Å². The van der Waals surface area contributed by atoms with Crippen molar-refractivity contribution in [2.45, 2.75) is 47.1 Å². The molecule has 1 atom stereocenters. The molecule has 172 valence electrons. The van der Waals surface area contributed by atoms with Crippen molar-refractivity contribution in [2.24, 2.45) is 4.99 Å². The molecular weight excluding hydrogens is 415 g/mol. The van der Waals surface area contributed by atoms with E-state index in [0.717, 1.165) is 18.0 Å². The SMILES string of the molecule is C=CC.C=CC(=O)N1CCC(NC(/C=C(\C)Nc2ccc(F)c(Cl)c2)=NCC)C1.CC. The maximum atomic E-state index is 13.3. The molecule has 1 aromatic carbocycles. The number of hydrogen-bond donors (Lipinski definition) is 2. The van der Waals surface area contributed by atoms with Crippen LogP contribution in [0.3, 0.4) is 0 Å². The van der Waals surface area contributed by atoms with Crippen molar-refractivity contribution in [3.8, 4) is 0 Å². The second-order valence-corrected chi connectivity index (χ2v) is 6.87. The van der Waals surface area contributed by atoms with Gasteiger partial charge in [-0.05, 0) is 57.5 Å². The number of likely N-dealkylation sites (tertiary alicyclic amines) is 1. The molecule has 1 fully saturated rings. The van der Waals surface area contributed by atoms with Crippen molar-refractivity contribution in [1.82, 2.24) is 10.2 Å². The molecule has 2 rings (SSSR count). The molecule has 1 heterocycles. The lowest BCUT2D eigenvalue weighted by Crippen LogP contribution is -2.37. The number of aliphatic imine (C=N–C) groups is 1. The molecule has 1 saturated heterocycles. The molecule has 1 aliphatic heterocycles. The number of halogens is 2. The van der Waals surface area contributed by atoms with Crippen LogP contribution in [0.15, 0.2) is 60.3 Å². The van der Waals surface area contributed by atoms with Crippen molar-refractivity contribution in [2.75, 3.05) is 25.0 Å². The molecular formula is C24H36ClFN4O. The zero-order valence-electron chi connectivity index (χ0n) is 19.3. The Kier molecular flexibility index (Phi) is 14.8. The van der Waals surface area contributed by atoms with Gasteiger partial charge in [-0.25, -0.2) is 4.39 Å². The van der Waals surface area contributed by atoms with E-state index in [9.17, 15) is 9.18 Å². The van der Waals surface area contributed by atoms with Crippen LogP contribution >= 0.6 is 11.6 Å². The highest BCUT2D eigenvalue weighted by molar-refractivity contribution is 6.31. The molecule has 7 heteroatoms. The van der Waals surface area contributed by atoms with Gasteiger partial charge in [0.25, 0.3) is 0 Å². The third-order valence-corrected chi connectivity index (χ3v) is 4.26. The van der Waals surface area contributed by atoms with Gasteiger partial charge in [0.15, 0.2) is 0 Å². The fourth-order valence-corrected chi connectivity index (χ4v) is 2.94. The summed E-state index contributed by atoms with van der Waals surface area (Å²) in [6.07, 6.45) is 5.83. The van der Waals surface area contributed by atoms with E-state index in [1.54, 1.807) is 17.0 Å². The van der Waals surface area contributed by atoms with Crippen molar-refractivity contribution in [3.63, 3.8) is 0 Å². The predicted molar refractivity (Wildman–Crippen MR) is 132 cm³/mol. The molecule has 0 aromatic heterocycles. The lowest BCUT2D eigenvalue weighted by Gasteiger charge is -2.17. The molecule has 0 saturated carbocycles. The van der Waals surface area contributed by atoms with Crippen LogP contribution in [-0.2, 0) is 4.79 Å². The van der Waals surface area contributed by atoms with E-state index in [0.29, 0.717) is 25.3 Å². The maximum Gasteiger partial charge on any atom is 0.246 e. The zero-order valence-corrected chi connectivity index (χ0v) is 20.1. The van der Waals surface area contributed by atoms with E-state index in [1.807, 2.05) is 40.7 Å². The Bertz CT molecular complexity index is 777. The monoisotopic (exact) mass is 450 g/mol. The van der Waals surface area contributed by atoms with Gasteiger partial charge in [-0.3, -0.25) is 9.79 Å². The molecule has 31 heavy (non-hydrogen) atoms. The number of carbonyl (C=O) groups excluding carboxylic acids is 1. The number of benzene rings is 1. The van der Waals surface area contributed by atoms with Gasteiger partial charge < -0.3 is 15.5 Å². The molecule has 0 aliphatic carbocycles. The summed E-state index contributed by atoms with van der Waals surface area (Å²) in [5.74, 6) is 0.238. The van der Waals surface area contributed by atoms with Crippen LogP contribution in [0.25, 0.3) is 0 Å². The van der Waals surface area contributed by atoms with E-state index in [2.05, 4.69) is 28.8 Å². The van der Waals surface area contributed by atoms with Gasteiger partial charge in [0.1, 0.15) is 11.7 Å². The summed E-state index contributed by atoms with van der Waals surface area (Å²) < 4.78 is 13.3. The Morgan fingerprint density at radius 1 is 1.39 bits per heavy atom. The fourth-order valence-electron chi connectivity index (χ4n) is 2.76. The Labute approximate surface area is 191 Å². The van der Waals surface area contributed by atoms with Crippen LogP contribution in [0.1, 0.15) is 41.0 Å². The van der Waals surface area contributed by atoms with Crippen LogP contribution in [0.2, 0.25) is 5.02 Å². The molecule has 1 aliphatic rings.